The number of para-hydroxylation sites is 5. The predicted octanol–water partition coefficient (Wildman–Crippen LogP) is 16.9. The van der Waals surface area contributed by atoms with Crippen LogP contribution in [0.1, 0.15) is 0 Å². The third-order valence-corrected chi connectivity index (χ3v) is 13.0. The van der Waals surface area contributed by atoms with Crippen molar-refractivity contribution in [1.82, 2.24) is 0 Å². The van der Waals surface area contributed by atoms with Gasteiger partial charge in [-0.15, -0.1) is 11.3 Å². The first-order chi connectivity index (χ1) is 29.8. The van der Waals surface area contributed by atoms with Crippen LogP contribution in [0.4, 0.5) is 34.1 Å². The average molecular weight is 785 g/mol. The Balaban J connectivity index is 0.974. The molecule has 4 heteroatoms. The molecule has 282 valence electrons. The van der Waals surface area contributed by atoms with Gasteiger partial charge in [-0.2, -0.15) is 0 Å². The summed E-state index contributed by atoms with van der Waals surface area (Å²) < 4.78 is 9.13. The van der Waals surface area contributed by atoms with Gasteiger partial charge in [0.15, 0.2) is 5.58 Å². The normalized spacial score (nSPS) is 11.7. The van der Waals surface area contributed by atoms with Gasteiger partial charge < -0.3 is 14.2 Å². The standard InChI is InChI=1S/C56H36N2OS/c1-4-15-39(16-5-1)57(40-17-6-2-7-18-40)43-32-34-49-53(36-43)60-56-48-33-29-38(35-50(48)44-21-10-11-23-46(44)54(49)56)37-27-30-42(31-28-37)58(41-19-8-3-9-20-41)51-25-14-24-47-45-22-12-13-26-52(45)59-55(47)51/h1-36H. The van der Waals surface area contributed by atoms with Gasteiger partial charge in [0.25, 0.3) is 0 Å². The Morgan fingerprint density at radius 3 is 1.60 bits per heavy atom. The molecule has 12 aromatic rings. The SMILES string of the molecule is c1ccc(N(c2ccccc2)c2ccc3c(c2)sc2c4ccc(-c5ccc(N(c6ccccc6)c6cccc7c6oc6ccccc67)cc5)cc4c4ccccc4c32)cc1. The molecule has 0 spiro atoms. The minimum absolute atomic E-state index is 0.876. The van der Waals surface area contributed by atoms with Gasteiger partial charge >= 0.3 is 0 Å². The maximum Gasteiger partial charge on any atom is 0.159 e. The second kappa shape index (κ2) is 14.0. The smallest absolute Gasteiger partial charge is 0.159 e. The topological polar surface area (TPSA) is 19.6 Å². The lowest BCUT2D eigenvalue weighted by Crippen LogP contribution is -2.10. The van der Waals surface area contributed by atoms with Crippen LogP contribution in [0.15, 0.2) is 223 Å². The van der Waals surface area contributed by atoms with Crippen LogP contribution in [0, 0.1) is 0 Å². The third kappa shape index (κ3) is 5.57. The first-order valence-corrected chi connectivity index (χ1v) is 21.2. The fourth-order valence-electron chi connectivity index (χ4n) is 9.08. The molecule has 2 heterocycles. The lowest BCUT2D eigenvalue weighted by Gasteiger charge is -2.25. The zero-order valence-corrected chi connectivity index (χ0v) is 33.3. The van der Waals surface area contributed by atoms with Crippen molar-refractivity contribution in [3.8, 4) is 11.1 Å². The second-order valence-electron chi connectivity index (χ2n) is 15.3. The number of anilines is 6. The number of fused-ring (bicyclic) bond motifs is 11. The first kappa shape index (κ1) is 34.4. The van der Waals surface area contributed by atoms with E-state index in [1.165, 1.54) is 52.8 Å². The molecule has 60 heavy (non-hydrogen) atoms. The van der Waals surface area contributed by atoms with E-state index in [0.717, 1.165) is 56.1 Å². The van der Waals surface area contributed by atoms with Crippen LogP contribution in [-0.2, 0) is 0 Å². The van der Waals surface area contributed by atoms with E-state index in [9.17, 15) is 0 Å². The molecule has 0 saturated carbocycles. The van der Waals surface area contributed by atoms with Crippen molar-refractivity contribution in [2.24, 2.45) is 0 Å². The van der Waals surface area contributed by atoms with E-state index in [1.807, 2.05) is 23.5 Å². The average Bonchev–Trinajstić information content (AvgIpc) is 3.90. The van der Waals surface area contributed by atoms with Crippen molar-refractivity contribution in [1.29, 1.82) is 0 Å². The fourth-order valence-corrected chi connectivity index (χ4v) is 10.4. The van der Waals surface area contributed by atoms with E-state index in [-0.39, 0.29) is 0 Å². The molecule has 0 bridgehead atoms. The minimum atomic E-state index is 0.876. The summed E-state index contributed by atoms with van der Waals surface area (Å²) in [4.78, 5) is 4.64. The molecular weight excluding hydrogens is 749 g/mol. The van der Waals surface area contributed by atoms with Crippen molar-refractivity contribution in [3.05, 3.63) is 218 Å². The number of benzene rings is 10. The van der Waals surface area contributed by atoms with Gasteiger partial charge in [-0.25, -0.2) is 0 Å². The van der Waals surface area contributed by atoms with Crippen LogP contribution < -0.4 is 9.80 Å². The van der Waals surface area contributed by atoms with Crippen LogP contribution in [0.3, 0.4) is 0 Å². The van der Waals surface area contributed by atoms with Crippen molar-refractivity contribution in [3.63, 3.8) is 0 Å². The van der Waals surface area contributed by atoms with Crippen LogP contribution in [-0.4, -0.2) is 0 Å². The Bertz CT molecular complexity index is 3500. The highest BCUT2D eigenvalue weighted by Crippen LogP contribution is 2.47. The summed E-state index contributed by atoms with van der Waals surface area (Å²) in [5, 5.41) is 9.95. The molecule has 2 aromatic heterocycles. The fraction of sp³-hybridized carbons (Fsp3) is 0. The monoisotopic (exact) mass is 784 g/mol. The summed E-state index contributed by atoms with van der Waals surface area (Å²) in [6.45, 7) is 0. The van der Waals surface area contributed by atoms with Crippen LogP contribution in [0.2, 0.25) is 0 Å². The van der Waals surface area contributed by atoms with E-state index in [1.54, 1.807) is 0 Å². The molecule has 0 aliphatic heterocycles. The summed E-state index contributed by atoms with van der Waals surface area (Å²) in [6, 6.07) is 78.4. The first-order valence-electron chi connectivity index (χ1n) is 20.3. The molecule has 0 atom stereocenters. The number of hydrogen-bond donors (Lipinski definition) is 0. The summed E-state index contributed by atoms with van der Waals surface area (Å²) in [6.07, 6.45) is 0. The van der Waals surface area contributed by atoms with Gasteiger partial charge in [-0.05, 0) is 106 Å². The van der Waals surface area contributed by atoms with Gasteiger partial charge in [-0.3, -0.25) is 0 Å². The summed E-state index contributed by atoms with van der Waals surface area (Å²) in [5.74, 6) is 0. The molecule has 0 amide bonds. The number of furan rings is 1. The highest BCUT2D eigenvalue weighted by molar-refractivity contribution is 7.27. The van der Waals surface area contributed by atoms with Crippen LogP contribution >= 0.6 is 11.3 Å². The van der Waals surface area contributed by atoms with E-state index in [2.05, 4.69) is 216 Å². The highest BCUT2D eigenvalue weighted by atomic mass is 32.1. The summed E-state index contributed by atoms with van der Waals surface area (Å²) >= 11 is 1.89. The Morgan fingerprint density at radius 1 is 0.333 bits per heavy atom. The van der Waals surface area contributed by atoms with Crippen molar-refractivity contribution < 1.29 is 4.42 Å². The molecule has 0 radical (unpaired) electrons. The summed E-state index contributed by atoms with van der Waals surface area (Å²) in [7, 11) is 0. The number of rotatable bonds is 7. The van der Waals surface area contributed by atoms with Crippen LogP contribution in [0.5, 0.6) is 0 Å². The zero-order valence-electron chi connectivity index (χ0n) is 32.5. The lowest BCUT2D eigenvalue weighted by atomic mass is 9.94. The number of hydrogen-bond acceptors (Lipinski definition) is 4. The number of nitrogens with zero attached hydrogens (tertiary/aromatic N) is 2. The van der Waals surface area contributed by atoms with Gasteiger partial charge in [-0.1, -0.05) is 140 Å². The molecule has 0 N–H and O–H groups in total. The molecule has 3 nitrogen and oxygen atoms in total. The lowest BCUT2D eigenvalue weighted by molar-refractivity contribution is 0.669. The molecule has 0 saturated heterocycles. The predicted molar refractivity (Wildman–Crippen MR) is 256 cm³/mol. The van der Waals surface area contributed by atoms with E-state index in [0.29, 0.717) is 0 Å². The molecule has 0 unspecified atom stereocenters. The molecule has 0 aliphatic rings. The van der Waals surface area contributed by atoms with E-state index in [4.69, 9.17) is 4.42 Å². The van der Waals surface area contributed by atoms with Gasteiger partial charge in [0, 0.05) is 64.8 Å². The van der Waals surface area contributed by atoms with Crippen molar-refractivity contribution in [2.45, 2.75) is 0 Å². The Kier molecular flexibility index (Phi) is 8.03. The quantitative estimate of drug-likeness (QED) is 0.150. The van der Waals surface area contributed by atoms with Crippen molar-refractivity contribution >= 4 is 109 Å². The summed E-state index contributed by atoms with van der Waals surface area (Å²) in [5.41, 5.74) is 10.7. The van der Waals surface area contributed by atoms with Gasteiger partial charge in [0.2, 0.25) is 0 Å². The maximum absolute atomic E-state index is 6.54. The van der Waals surface area contributed by atoms with Gasteiger partial charge in [0.1, 0.15) is 5.58 Å². The largest absolute Gasteiger partial charge is 0.454 e. The molecule has 10 aromatic carbocycles. The zero-order chi connectivity index (χ0) is 39.6. The Morgan fingerprint density at radius 2 is 0.883 bits per heavy atom. The highest BCUT2D eigenvalue weighted by Gasteiger charge is 2.21. The van der Waals surface area contributed by atoms with Crippen molar-refractivity contribution in [2.75, 3.05) is 9.80 Å². The molecular formula is C56H36N2OS. The van der Waals surface area contributed by atoms with E-state index >= 15 is 0 Å². The van der Waals surface area contributed by atoms with E-state index < -0.39 is 0 Å². The maximum atomic E-state index is 6.54. The third-order valence-electron chi connectivity index (χ3n) is 11.8. The Hall–Kier alpha value is -7.66. The molecule has 0 fully saturated rings. The second-order valence-corrected chi connectivity index (χ2v) is 16.3. The molecule has 12 rings (SSSR count). The minimum Gasteiger partial charge on any atom is -0.454 e. The number of thiophene rings is 1. The van der Waals surface area contributed by atoms with Crippen LogP contribution in [0.25, 0.3) is 74.8 Å². The van der Waals surface area contributed by atoms with Gasteiger partial charge in [0.05, 0.1) is 5.69 Å². The Labute approximate surface area is 351 Å². The molecule has 0 aliphatic carbocycles.